The fourth-order valence-electron chi connectivity index (χ4n) is 2.85. The van der Waals surface area contributed by atoms with Crippen LogP contribution in [0, 0.1) is 18.8 Å². The van der Waals surface area contributed by atoms with Crippen LogP contribution in [0.4, 0.5) is 0 Å². The van der Waals surface area contributed by atoms with Crippen LogP contribution in [-0.2, 0) is 14.6 Å². The van der Waals surface area contributed by atoms with Gasteiger partial charge in [0.2, 0.25) is 20.1 Å². The normalized spacial score (nSPS) is 24.9. The van der Waals surface area contributed by atoms with E-state index in [1.165, 1.54) is 6.92 Å². The molecular weight excluding hydrogens is 308 g/mol. The predicted octanol–water partition coefficient (Wildman–Crippen LogP) is 2.12. The van der Waals surface area contributed by atoms with Gasteiger partial charge in [-0.2, -0.15) is 0 Å². The van der Waals surface area contributed by atoms with E-state index in [-0.39, 0.29) is 10.2 Å². The van der Waals surface area contributed by atoms with Gasteiger partial charge in [-0.3, -0.25) is 4.79 Å². The lowest BCUT2D eigenvalue weighted by molar-refractivity contribution is -0.133. The molecule has 7 heteroatoms. The maximum Gasteiger partial charge on any atom is 0.241 e. The van der Waals surface area contributed by atoms with Gasteiger partial charge in [0, 0.05) is 24.2 Å². The molecule has 1 saturated heterocycles. The highest BCUT2D eigenvalue weighted by Crippen LogP contribution is 2.25. The Morgan fingerprint density at radius 1 is 1.38 bits per heavy atom. The van der Waals surface area contributed by atoms with Crippen molar-refractivity contribution in [3.8, 4) is 0 Å². The first kappa shape index (κ1) is 16.4. The molecule has 118 valence electrons. The van der Waals surface area contributed by atoms with Gasteiger partial charge in [0.15, 0.2) is 0 Å². The van der Waals surface area contributed by atoms with Crippen LogP contribution in [0.1, 0.15) is 32.9 Å². The van der Waals surface area contributed by atoms with E-state index in [0.717, 1.165) is 17.8 Å². The molecule has 3 atom stereocenters. The lowest BCUT2D eigenvalue weighted by atomic mass is 9.92. The summed E-state index contributed by atoms with van der Waals surface area (Å²) < 4.78 is 25.0. The van der Waals surface area contributed by atoms with Gasteiger partial charge in [-0.05, 0) is 32.1 Å². The van der Waals surface area contributed by atoms with Crippen molar-refractivity contribution in [2.45, 2.75) is 43.7 Å². The maximum absolute atomic E-state index is 12.5. The molecule has 1 aromatic rings. The number of likely N-dealkylation sites (tertiary alicyclic amines) is 1. The topological polar surface area (TPSA) is 67.3 Å². The summed E-state index contributed by atoms with van der Waals surface area (Å²) >= 11 is 1.08. The highest BCUT2D eigenvalue weighted by atomic mass is 32.2. The molecule has 1 aliphatic heterocycles. The first-order valence-corrected chi connectivity index (χ1v) is 9.59. The van der Waals surface area contributed by atoms with Gasteiger partial charge in [-0.15, -0.1) is 11.3 Å². The number of carbonyl (C=O) groups excluding carboxylic acids is 1. The average molecular weight is 330 g/mol. The molecule has 0 spiro atoms. The predicted molar refractivity (Wildman–Crippen MR) is 83.0 cm³/mol. The molecule has 5 nitrogen and oxygen atoms in total. The van der Waals surface area contributed by atoms with Gasteiger partial charge >= 0.3 is 0 Å². The van der Waals surface area contributed by atoms with E-state index in [1.54, 1.807) is 17.2 Å². The minimum atomic E-state index is -3.69. The van der Waals surface area contributed by atoms with E-state index in [1.807, 2.05) is 0 Å². The average Bonchev–Trinajstić information content (AvgIpc) is 2.83. The van der Waals surface area contributed by atoms with Crippen molar-refractivity contribution in [1.82, 2.24) is 9.88 Å². The lowest BCUT2D eigenvalue weighted by Crippen LogP contribution is -2.48. The molecule has 0 aromatic carbocycles. The Bertz CT molecular complexity index is 614. The fraction of sp³-hybridized carbons (Fsp3) is 0.714. The molecule has 2 rings (SSSR count). The van der Waals surface area contributed by atoms with E-state index in [0.29, 0.717) is 30.6 Å². The number of hydrogen-bond acceptors (Lipinski definition) is 5. The number of amides is 1. The van der Waals surface area contributed by atoms with Gasteiger partial charge in [0.25, 0.3) is 0 Å². The second-order valence-electron chi connectivity index (χ2n) is 6.13. The van der Waals surface area contributed by atoms with E-state index in [2.05, 4.69) is 18.8 Å². The number of hydrogen-bond donors (Lipinski definition) is 0. The third kappa shape index (κ3) is 3.45. The maximum atomic E-state index is 12.5. The summed E-state index contributed by atoms with van der Waals surface area (Å²) in [6.45, 7) is 8.69. The Balaban J connectivity index is 2.19. The number of carbonyl (C=O) groups is 1. The van der Waals surface area contributed by atoms with Gasteiger partial charge < -0.3 is 4.90 Å². The van der Waals surface area contributed by atoms with Gasteiger partial charge in [-0.1, -0.05) is 13.8 Å². The highest BCUT2D eigenvalue weighted by Gasteiger charge is 2.37. The van der Waals surface area contributed by atoms with Crippen molar-refractivity contribution < 1.29 is 13.2 Å². The summed E-state index contributed by atoms with van der Waals surface area (Å²) in [6.07, 6.45) is 1.08. The summed E-state index contributed by atoms with van der Waals surface area (Å²) in [4.78, 5) is 18.3. The fourth-order valence-corrected chi connectivity index (χ4v) is 5.47. The number of aromatic nitrogens is 1. The summed E-state index contributed by atoms with van der Waals surface area (Å²) in [5, 5.41) is 0.621. The third-order valence-corrected chi connectivity index (χ3v) is 7.28. The van der Waals surface area contributed by atoms with Crippen molar-refractivity contribution in [1.29, 1.82) is 0 Å². The molecule has 21 heavy (non-hydrogen) atoms. The second-order valence-corrected chi connectivity index (χ2v) is 9.43. The van der Waals surface area contributed by atoms with Crippen LogP contribution in [0.5, 0.6) is 0 Å². The molecule has 1 aliphatic rings. The van der Waals surface area contributed by atoms with Gasteiger partial charge in [0.1, 0.15) is 5.25 Å². The van der Waals surface area contributed by atoms with E-state index in [4.69, 9.17) is 0 Å². The quantitative estimate of drug-likeness (QED) is 0.851. The third-order valence-electron chi connectivity index (χ3n) is 3.84. The second kappa shape index (κ2) is 6.04. The zero-order valence-electron chi connectivity index (χ0n) is 12.9. The molecule has 1 amide bonds. The van der Waals surface area contributed by atoms with Crippen LogP contribution >= 0.6 is 11.3 Å². The number of thiazole rings is 1. The smallest absolute Gasteiger partial charge is 0.241 e. The van der Waals surface area contributed by atoms with Crippen LogP contribution in [0.25, 0.3) is 0 Å². The molecule has 1 aromatic heterocycles. The number of aryl methyl sites for hydroxylation is 1. The van der Waals surface area contributed by atoms with Crippen LogP contribution in [0.15, 0.2) is 9.72 Å². The molecule has 0 radical (unpaired) electrons. The SMILES string of the molecule is Cc1csc(S(=O)(=O)[C@H](C)C(=O)N2C[C@@H](C)C[C@H](C)C2)n1. The largest absolute Gasteiger partial charge is 0.341 e. The number of nitrogens with zero attached hydrogens (tertiary/aromatic N) is 2. The molecule has 0 N–H and O–H groups in total. The Morgan fingerprint density at radius 3 is 2.43 bits per heavy atom. The van der Waals surface area contributed by atoms with Crippen LogP contribution < -0.4 is 0 Å². The Kier molecular flexibility index (Phi) is 4.72. The van der Waals surface area contributed by atoms with Crippen LogP contribution in [-0.4, -0.2) is 42.5 Å². The first-order chi connectivity index (χ1) is 9.71. The molecule has 0 saturated carbocycles. The number of rotatable bonds is 3. The number of piperidine rings is 1. The van der Waals surface area contributed by atoms with Crippen LogP contribution in [0.2, 0.25) is 0 Å². The van der Waals surface area contributed by atoms with Crippen molar-refractivity contribution in [2.24, 2.45) is 11.8 Å². The molecule has 1 fully saturated rings. The number of sulfone groups is 1. The summed E-state index contributed by atoms with van der Waals surface area (Å²) in [6, 6.07) is 0. The summed E-state index contributed by atoms with van der Waals surface area (Å²) in [5.41, 5.74) is 0.665. The molecule has 0 bridgehead atoms. The van der Waals surface area contributed by atoms with Crippen molar-refractivity contribution in [2.75, 3.05) is 13.1 Å². The van der Waals surface area contributed by atoms with Crippen LogP contribution in [0.3, 0.4) is 0 Å². The van der Waals surface area contributed by atoms with E-state index in [9.17, 15) is 13.2 Å². The molecule has 0 aliphatic carbocycles. The van der Waals surface area contributed by atoms with E-state index >= 15 is 0 Å². The standard InChI is InChI=1S/C14H22N2O3S2/c1-9-5-10(2)7-16(6-9)13(17)12(4)21(18,19)14-15-11(3)8-20-14/h8-10,12H,5-7H2,1-4H3/t9-,10-,12+/m0/s1. The zero-order chi connectivity index (χ0) is 15.8. The molecule has 2 heterocycles. The Morgan fingerprint density at radius 2 is 1.95 bits per heavy atom. The zero-order valence-corrected chi connectivity index (χ0v) is 14.5. The Hall–Kier alpha value is -0.950. The highest BCUT2D eigenvalue weighted by molar-refractivity contribution is 7.94. The monoisotopic (exact) mass is 330 g/mol. The Labute approximate surface area is 130 Å². The van der Waals surface area contributed by atoms with Crippen molar-refractivity contribution in [3.63, 3.8) is 0 Å². The minimum Gasteiger partial charge on any atom is -0.341 e. The van der Waals surface area contributed by atoms with E-state index < -0.39 is 15.1 Å². The summed E-state index contributed by atoms with van der Waals surface area (Å²) in [5.74, 6) is 0.519. The van der Waals surface area contributed by atoms with Crippen molar-refractivity contribution in [3.05, 3.63) is 11.1 Å². The van der Waals surface area contributed by atoms with Gasteiger partial charge in [0.05, 0.1) is 0 Å². The molecular formula is C14H22N2O3S2. The molecule has 0 unspecified atom stereocenters. The van der Waals surface area contributed by atoms with Crippen molar-refractivity contribution >= 4 is 27.1 Å². The van der Waals surface area contributed by atoms with Gasteiger partial charge in [-0.25, -0.2) is 13.4 Å². The first-order valence-electron chi connectivity index (χ1n) is 7.16. The summed E-state index contributed by atoms with van der Waals surface area (Å²) in [7, 11) is -3.69. The lowest BCUT2D eigenvalue weighted by Gasteiger charge is -2.36. The minimum absolute atomic E-state index is 0.0407.